The van der Waals surface area contributed by atoms with Gasteiger partial charge in [0.15, 0.2) is 15.7 Å². The van der Waals surface area contributed by atoms with Crippen molar-refractivity contribution >= 4 is 27.6 Å². The largest absolute Gasteiger partial charge is 0.360 e. The molecule has 6 nitrogen and oxygen atoms in total. The molecule has 1 aromatic carbocycles. The Balaban J connectivity index is 1.88. The van der Waals surface area contributed by atoms with Crippen LogP contribution in [0.25, 0.3) is 6.08 Å². The normalized spacial score (nSPS) is 11.7. The molecule has 0 fully saturated rings. The molecule has 0 saturated heterocycles. The van der Waals surface area contributed by atoms with Crippen LogP contribution in [0.1, 0.15) is 11.3 Å². The van der Waals surface area contributed by atoms with Crippen LogP contribution in [0.4, 0.5) is 5.82 Å². The first-order chi connectivity index (χ1) is 10.4. The molecule has 2 aromatic rings. The highest BCUT2D eigenvalue weighted by Gasteiger charge is 2.16. The lowest BCUT2D eigenvalue weighted by Crippen LogP contribution is -2.24. The number of carbonyl (C=O) groups excluding carboxylic acids is 1. The topological polar surface area (TPSA) is 89.3 Å². The van der Waals surface area contributed by atoms with Crippen LogP contribution in [-0.2, 0) is 14.6 Å². The van der Waals surface area contributed by atoms with Crippen LogP contribution in [0, 0.1) is 6.92 Å². The van der Waals surface area contributed by atoms with Gasteiger partial charge in [0.25, 0.3) is 0 Å². The second-order valence-electron chi connectivity index (χ2n) is 4.74. The third-order valence-electron chi connectivity index (χ3n) is 2.71. The predicted octanol–water partition coefficient (Wildman–Crippen LogP) is 2.05. The minimum absolute atomic E-state index is 0.201. The van der Waals surface area contributed by atoms with Crippen molar-refractivity contribution in [1.82, 2.24) is 5.16 Å². The summed E-state index contributed by atoms with van der Waals surface area (Å²) in [6.07, 6.45) is 3.23. The fourth-order valence-electron chi connectivity index (χ4n) is 1.76. The van der Waals surface area contributed by atoms with E-state index in [-0.39, 0.29) is 11.6 Å². The summed E-state index contributed by atoms with van der Waals surface area (Å²) in [5, 5.41) is 5.95. The molecule has 1 N–H and O–H groups in total. The predicted molar refractivity (Wildman–Crippen MR) is 84.0 cm³/mol. The van der Waals surface area contributed by atoms with E-state index in [4.69, 9.17) is 4.52 Å². The molecule has 0 bridgehead atoms. The monoisotopic (exact) mass is 320 g/mol. The fourth-order valence-corrected chi connectivity index (χ4v) is 2.74. The van der Waals surface area contributed by atoms with Crippen LogP contribution >= 0.6 is 0 Å². The Kier molecular flexibility index (Phi) is 5.11. The molecule has 2 rings (SSSR count). The van der Waals surface area contributed by atoms with Gasteiger partial charge in [0.2, 0.25) is 5.91 Å². The van der Waals surface area contributed by atoms with Crippen molar-refractivity contribution in [2.75, 3.05) is 16.8 Å². The van der Waals surface area contributed by atoms with Crippen LogP contribution in [0.5, 0.6) is 0 Å². The molecule has 1 amide bonds. The minimum Gasteiger partial charge on any atom is -0.360 e. The Morgan fingerprint density at radius 1 is 1.32 bits per heavy atom. The summed E-state index contributed by atoms with van der Waals surface area (Å²) >= 11 is 0. The number of benzene rings is 1. The molecule has 1 heterocycles. The van der Waals surface area contributed by atoms with Crippen molar-refractivity contribution in [2.45, 2.75) is 6.92 Å². The second-order valence-corrected chi connectivity index (χ2v) is 6.85. The van der Waals surface area contributed by atoms with Gasteiger partial charge in [0, 0.05) is 6.07 Å². The maximum Gasteiger partial charge on any atom is 0.240 e. The van der Waals surface area contributed by atoms with Crippen molar-refractivity contribution in [3.05, 3.63) is 53.8 Å². The first-order valence-corrected chi connectivity index (χ1v) is 8.42. The van der Waals surface area contributed by atoms with Crippen molar-refractivity contribution in [2.24, 2.45) is 0 Å². The van der Waals surface area contributed by atoms with Crippen LogP contribution in [0.15, 0.2) is 47.0 Å². The second kappa shape index (κ2) is 7.04. The minimum atomic E-state index is -3.52. The molecule has 0 aliphatic carbocycles. The lowest BCUT2D eigenvalue weighted by Gasteiger charge is -2.01. The molecule has 116 valence electrons. The Bertz CT molecular complexity index is 764. The van der Waals surface area contributed by atoms with Crippen molar-refractivity contribution in [3.63, 3.8) is 0 Å². The zero-order chi connectivity index (χ0) is 16.0. The first-order valence-electron chi connectivity index (χ1n) is 6.60. The van der Waals surface area contributed by atoms with Gasteiger partial charge < -0.3 is 9.84 Å². The van der Waals surface area contributed by atoms with E-state index in [2.05, 4.69) is 10.5 Å². The molecule has 0 aliphatic heterocycles. The van der Waals surface area contributed by atoms with E-state index in [9.17, 15) is 13.2 Å². The number of hydrogen-bond acceptors (Lipinski definition) is 5. The van der Waals surface area contributed by atoms with E-state index in [1.807, 2.05) is 30.3 Å². The van der Waals surface area contributed by atoms with Crippen LogP contribution in [0.3, 0.4) is 0 Å². The van der Waals surface area contributed by atoms with E-state index in [0.717, 1.165) is 5.56 Å². The molecule has 1 aromatic heterocycles. The van der Waals surface area contributed by atoms with Crippen LogP contribution in [0.2, 0.25) is 0 Å². The molecule has 0 spiro atoms. The van der Waals surface area contributed by atoms with Crippen molar-refractivity contribution in [3.8, 4) is 0 Å². The number of aromatic nitrogens is 1. The zero-order valence-corrected chi connectivity index (χ0v) is 12.8. The number of carbonyl (C=O) groups is 1. The Morgan fingerprint density at radius 2 is 2.05 bits per heavy atom. The summed E-state index contributed by atoms with van der Waals surface area (Å²) in [7, 11) is -3.52. The number of nitrogens with zero attached hydrogens (tertiary/aromatic N) is 1. The van der Waals surface area contributed by atoms with Gasteiger partial charge in [0.05, 0.1) is 5.75 Å². The summed E-state index contributed by atoms with van der Waals surface area (Å²) in [4.78, 5) is 11.7. The van der Waals surface area contributed by atoms with E-state index >= 15 is 0 Å². The number of sulfone groups is 1. The highest BCUT2D eigenvalue weighted by atomic mass is 32.2. The molecular formula is C15H16N2O4S. The number of nitrogens with one attached hydrogen (secondary N) is 1. The first kappa shape index (κ1) is 16.0. The molecule has 22 heavy (non-hydrogen) atoms. The lowest BCUT2D eigenvalue weighted by molar-refractivity contribution is -0.113. The third-order valence-corrected chi connectivity index (χ3v) is 4.11. The van der Waals surface area contributed by atoms with Crippen LogP contribution < -0.4 is 5.32 Å². The fraction of sp³-hybridized carbons (Fsp3) is 0.200. The number of amides is 1. The van der Waals surface area contributed by atoms with E-state index in [1.165, 1.54) is 12.1 Å². The molecule has 0 radical (unpaired) electrons. The summed E-state index contributed by atoms with van der Waals surface area (Å²) in [6, 6.07) is 10.8. The Hall–Kier alpha value is -2.41. The van der Waals surface area contributed by atoms with Crippen molar-refractivity contribution in [1.29, 1.82) is 0 Å². The number of rotatable bonds is 6. The summed E-state index contributed by atoms with van der Waals surface area (Å²) in [5.41, 5.74) is 0.903. The van der Waals surface area contributed by atoms with Crippen molar-refractivity contribution < 1.29 is 17.7 Å². The highest BCUT2D eigenvalue weighted by Crippen LogP contribution is 2.07. The van der Waals surface area contributed by atoms with Gasteiger partial charge in [-0.25, -0.2) is 8.42 Å². The molecule has 0 atom stereocenters. The van der Waals surface area contributed by atoms with E-state index in [0.29, 0.717) is 5.76 Å². The van der Waals surface area contributed by atoms with Gasteiger partial charge in [-0.1, -0.05) is 47.6 Å². The van der Waals surface area contributed by atoms with Gasteiger partial charge >= 0.3 is 0 Å². The summed E-state index contributed by atoms with van der Waals surface area (Å²) in [6.45, 7) is 1.67. The maximum absolute atomic E-state index is 11.9. The average Bonchev–Trinajstić information content (AvgIpc) is 2.84. The van der Waals surface area contributed by atoms with E-state index < -0.39 is 21.5 Å². The van der Waals surface area contributed by atoms with Gasteiger partial charge in [-0.15, -0.1) is 0 Å². The number of hydrogen-bond donors (Lipinski definition) is 1. The Labute approximate surface area is 128 Å². The highest BCUT2D eigenvalue weighted by molar-refractivity contribution is 7.92. The lowest BCUT2D eigenvalue weighted by atomic mass is 10.2. The quantitative estimate of drug-likeness (QED) is 0.880. The number of aryl methyl sites for hydroxylation is 1. The maximum atomic E-state index is 11.9. The number of anilines is 1. The van der Waals surface area contributed by atoms with Crippen LogP contribution in [-0.4, -0.2) is 31.0 Å². The Morgan fingerprint density at radius 3 is 2.68 bits per heavy atom. The molecule has 0 unspecified atom stereocenters. The van der Waals surface area contributed by atoms with Gasteiger partial charge in [-0.05, 0) is 12.5 Å². The summed E-state index contributed by atoms with van der Waals surface area (Å²) < 4.78 is 28.5. The van der Waals surface area contributed by atoms with E-state index in [1.54, 1.807) is 13.0 Å². The zero-order valence-electron chi connectivity index (χ0n) is 12.0. The van der Waals surface area contributed by atoms with Gasteiger partial charge in [-0.3, -0.25) is 4.79 Å². The third kappa shape index (κ3) is 5.17. The smallest absolute Gasteiger partial charge is 0.240 e. The summed E-state index contributed by atoms with van der Waals surface area (Å²) in [5.74, 6) is -0.701. The SMILES string of the molecule is Cc1cc(NC(=O)CS(=O)(=O)C/C=C/c2ccccc2)no1. The molecule has 7 heteroatoms. The average molecular weight is 320 g/mol. The standard InChI is InChI=1S/C15H16N2O4S/c1-12-10-14(17-21-12)16-15(18)11-22(19,20)9-5-8-13-6-3-2-4-7-13/h2-8,10H,9,11H2,1H3,(H,16,17,18)/b8-5+. The van der Waals surface area contributed by atoms with Gasteiger partial charge in [-0.2, -0.15) is 0 Å². The molecule has 0 aliphatic rings. The molecular weight excluding hydrogens is 304 g/mol. The van der Waals surface area contributed by atoms with Gasteiger partial charge in [0.1, 0.15) is 11.5 Å². The molecule has 0 saturated carbocycles.